The highest BCUT2D eigenvalue weighted by Gasteiger charge is 2.51. The van der Waals surface area contributed by atoms with Crippen LogP contribution >= 0.6 is 0 Å². The quantitative estimate of drug-likeness (QED) is 0.187. The summed E-state index contributed by atoms with van der Waals surface area (Å²) in [7, 11) is 0. The highest BCUT2D eigenvalue weighted by molar-refractivity contribution is 6.26. The first-order chi connectivity index (χ1) is 25.8. The van der Waals surface area contributed by atoms with Gasteiger partial charge in [0.15, 0.2) is 0 Å². The van der Waals surface area contributed by atoms with Crippen LogP contribution in [0.1, 0.15) is 28.7 Å². The number of allylic oxidation sites excluding steroid dienone is 2. The smallest absolute Gasteiger partial charge is 0.145 e. The second kappa shape index (κ2) is 10.2. The van der Waals surface area contributed by atoms with Crippen LogP contribution in [0.5, 0.6) is 0 Å². The minimum atomic E-state index is -0.540. The van der Waals surface area contributed by atoms with E-state index in [4.69, 9.17) is 4.42 Å². The van der Waals surface area contributed by atoms with Gasteiger partial charge in [0.05, 0.1) is 33.6 Å². The van der Waals surface area contributed by atoms with Crippen molar-refractivity contribution in [2.24, 2.45) is 0 Å². The first-order valence-corrected chi connectivity index (χ1v) is 18.2. The summed E-state index contributed by atoms with van der Waals surface area (Å²) < 4.78 is 9.30. The van der Waals surface area contributed by atoms with E-state index in [1.165, 1.54) is 72.2 Å². The van der Waals surface area contributed by atoms with Gasteiger partial charge in [-0.15, -0.1) is 0 Å². The molecule has 0 bridgehead atoms. The Morgan fingerprint density at radius 1 is 0.577 bits per heavy atom. The first kappa shape index (κ1) is 28.2. The fourth-order valence-corrected chi connectivity index (χ4v) is 9.88. The second-order valence-corrected chi connectivity index (χ2v) is 14.3. The Labute approximate surface area is 301 Å². The van der Waals surface area contributed by atoms with Crippen molar-refractivity contribution in [3.8, 4) is 16.8 Å². The summed E-state index contributed by atoms with van der Waals surface area (Å²) in [6, 6.07) is 56.3. The van der Waals surface area contributed by atoms with Crippen molar-refractivity contribution < 1.29 is 4.42 Å². The lowest BCUT2D eigenvalue weighted by Crippen LogP contribution is -2.33. The maximum atomic E-state index is 6.80. The van der Waals surface area contributed by atoms with E-state index in [0.29, 0.717) is 0 Å². The molecule has 2 aromatic heterocycles. The molecule has 3 heterocycles. The van der Waals surface area contributed by atoms with E-state index in [1.54, 1.807) is 0 Å². The average molecular weight is 665 g/mol. The van der Waals surface area contributed by atoms with Gasteiger partial charge >= 0.3 is 0 Å². The molecular weight excluding hydrogens is 633 g/mol. The fraction of sp³-hybridized carbons (Fsp3) is 0.0612. The molecule has 2 unspecified atom stereocenters. The Hall–Kier alpha value is -6.58. The van der Waals surface area contributed by atoms with E-state index in [-0.39, 0.29) is 6.04 Å². The maximum Gasteiger partial charge on any atom is 0.145 e. The largest absolute Gasteiger partial charge is 0.455 e. The fourth-order valence-electron chi connectivity index (χ4n) is 9.88. The molecule has 7 aromatic carbocycles. The highest BCUT2D eigenvalue weighted by Crippen LogP contribution is 2.62. The Bertz CT molecular complexity index is 3010. The van der Waals surface area contributed by atoms with Crippen LogP contribution in [0, 0.1) is 0 Å². The van der Waals surface area contributed by atoms with Gasteiger partial charge in [0.25, 0.3) is 0 Å². The Morgan fingerprint density at radius 3 is 2.21 bits per heavy atom. The summed E-state index contributed by atoms with van der Waals surface area (Å²) in [6.45, 7) is 0. The third-order valence-corrected chi connectivity index (χ3v) is 11.9. The van der Waals surface area contributed by atoms with Crippen molar-refractivity contribution in [3.05, 3.63) is 198 Å². The van der Waals surface area contributed by atoms with Gasteiger partial charge in [-0.2, -0.15) is 0 Å². The predicted octanol–water partition coefficient (Wildman–Crippen LogP) is 12.4. The average Bonchev–Trinajstić information content (AvgIpc) is 3.85. The van der Waals surface area contributed by atoms with Crippen LogP contribution in [-0.4, -0.2) is 10.6 Å². The highest BCUT2D eigenvalue weighted by atomic mass is 16.3. The molecule has 0 saturated carbocycles. The monoisotopic (exact) mass is 664 g/mol. The van der Waals surface area contributed by atoms with Gasteiger partial charge in [0.2, 0.25) is 0 Å². The normalized spacial score (nSPS) is 18.0. The van der Waals surface area contributed by atoms with E-state index in [9.17, 15) is 0 Å². The molecule has 2 aliphatic carbocycles. The molecule has 9 aromatic rings. The van der Waals surface area contributed by atoms with Crippen LogP contribution in [0.2, 0.25) is 0 Å². The Kier molecular flexibility index (Phi) is 5.55. The summed E-state index contributed by atoms with van der Waals surface area (Å²) in [4.78, 5) is 2.50. The number of hydrogen-bond donors (Lipinski definition) is 0. The number of nitrogens with zero attached hydrogens (tertiary/aromatic N) is 2. The van der Waals surface area contributed by atoms with Crippen molar-refractivity contribution in [2.45, 2.75) is 17.9 Å². The van der Waals surface area contributed by atoms with E-state index < -0.39 is 5.41 Å². The van der Waals surface area contributed by atoms with Crippen LogP contribution in [0.15, 0.2) is 180 Å². The molecule has 3 aliphatic rings. The van der Waals surface area contributed by atoms with Gasteiger partial charge in [-0.05, 0) is 88.3 Å². The standard InChI is InChI=1S/C49H32N2O/c1-3-15-31(16-4-1)50(32-17-5-2-6-18-32)33-27-28-40-37(29-33)34-19-7-10-22-39(34)49(40)41-23-11-13-25-44(41)51-43-24-12-8-21-36(43)46-47(51)42(49)30-38-35-20-9-14-26-45(35)52-48(38)46/h1-17,19-30,32H,18H2. The number of aromatic nitrogens is 1. The maximum absolute atomic E-state index is 6.80. The van der Waals surface area contributed by atoms with Crippen molar-refractivity contribution in [1.82, 2.24) is 4.57 Å². The molecule has 52 heavy (non-hydrogen) atoms. The van der Waals surface area contributed by atoms with Gasteiger partial charge in [-0.3, -0.25) is 0 Å². The number of fused-ring (bicyclic) bond motifs is 16. The number of anilines is 2. The number of benzene rings is 7. The Balaban J connectivity index is 1.23. The van der Waals surface area contributed by atoms with Crippen molar-refractivity contribution in [3.63, 3.8) is 0 Å². The zero-order chi connectivity index (χ0) is 34.0. The topological polar surface area (TPSA) is 21.3 Å². The van der Waals surface area contributed by atoms with Crippen molar-refractivity contribution in [2.75, 3.05) is 4.90 Å². The van der Waals surface area contributed by atoms with Crippen LogP contribution in [0.4, 0.5) is 11.4 Å². The molecule has 1 aliphatic heterocycles. The van der Waals surface area contributed by atoms with Gasteiger partial charge in [-0.25, -0.2) is 0 Å². The lowest BCUT2D eigenvalue weighted by atomic mass is 9.65. The third-order valence-electron chi connectivity index (χ3n) is 11.9. The number of rotatable bonds is 3. The lowest BCUT2D eigenvalue weighted by molar-refractivity contribution is 0.672. The molecule has 0 fully saturated rings. The van der Waals surface area contributed by atoms with Gasteiger partial charge in [0, 0.05) is 27.5 Å². The first-order valence-electron chi connectivity index (χ1n) is 18.2. The minimum Gasteiger partial charge on any atom is -0.455 e. The van der Waals surface area contributed by atoms with Gasteiger partial charge < -0.3 is 13.9 Å². The molecule has 1 spiro atoms. The summed E-state index contributed by atoms with van der Waals surface area (Å²) in [5.41, 5.74) is 15.2. The zero-order valence-electron chi connectivity index (χ0n) is 28.3. The van der Waals surface area contributed by atoms with Crippen molar-refractivity contribution >= 4 is 55.1 Å². The molecule has 12 rings (SSSR count). The number of hydrogen-bond acceptors (Lipinski definition) is 2. The molecular formula is C49H32N2O. The minimum absolute atomic E-state index is 0.221. The summed E-state index contributed by atoms with van der Waals surface area (Å²) in [6.07, 6.45) is 9.89. The molecule has 3 nitrogen and oxygen atoms in total. The lowest BCUT2D eigenvalue weighted by Gasteiger charge is -2.40. The number of furan rings is 1. The van der Waals surface area contributed by atoms with E-state index in [1.807, 2.05) is 0 Å². The van der Waals surface area contributed by atoms with E-state index in [0.717, 1.165) is 28.4 Å². The molecule has 0 saturated heterocycles. The Morgan fingerprint density at radius 2 is 1.33 bits per heavy atom. The number of para-hydroxylation sites is 4. The summed E-state index contributed by atoms with van der Waals surface area (Å²) in [5, 5.41) is 4.71. The predicted molar refractivity (Wildman–Crippen MR) is 214 cm³/mol. The molecule has 0 N–H and O–H groups in total. The van der Waals surface area contributed by atoms with Crippen molar-refractivity contribution in [1.29, 1.82) is 0 Å². The van der Waals surface area contributed by atoms with Crippen LogP contribution < -0.4 is 4.90 Å². The summed E-state index contributed by atoms with van der Waals surface area (Å²) >= 11 is 0. The molecule has 0 radical (unpaired) electrons. The molecule has 2 atom stereocenters. The van der Waals surface area contributed by atoms with Crippen LogP contribution in [0.3, 0.4) is 0 Å². The van der Waals surface area contributed by atoms with Crippen LogP contribution in [0.25, 0.3) is 60.6 Å². The van der Waals surface area contributed by atoms with E-state index in [2.05, 4.69) is 185 Å². The van der Waals surface area contributed by atoms with Gasteiger partial charge in [0.1, 0.15) is 11.2 Å². The molecule has 244 valence electrons. The van der Waals surface area contributed by atoms with Gasteiger partial charge in [-0.1, -0.05) is 127 Å². The molecule has 3 heteroatoms. The summed E-state index contributed by atoms with van der Waals surface area (Å²) in [5.74, 6) is 0. The van der Waals surface area contributed by atoms with Crippen LogP contribution in [-0.2, 0) is 5.41 Å². The molecule has 0 amide bonds. The second-order valence-electron chi connectivity index (χ2n) is 14.3. The third kappa shape index (κ3) is 3.45. The zero-order valence-corrected chi connectivity index (χ0v) is 28.3. The van der Waals surface area contributed by atoms with E-state index >= 15 is 0 Å². The SMILES string of the molecule is C1=CCC(N(c2ccccc2)c2ccc3c(c2)-c2ccccc2C32c3ccccc3-n3c4ccccc4c4c5oc6ccccc6c5cc2c43)C=C1.